The predicted molar refractivity (Wildman–Crippen MR) is 102 cm³/mol. The third-order valence-electron chi connectivity index (χ3n) is 5.63. The summed E-state index contributed by atoms with van der Waals surface area (Å²) in [5.41, 5.74) is 0. The highest BCUT2D eigenvalue weighted by molar-refractivity contribution is 5.92. The lowest BCUT2D eigenvalue weighted by Crippen LogP contribution is -2.61. The normalized spacial score (nSPS) is 25.7. The average Bonchev–Trinajstić information content (AvgIpc) is 2.98. The quantitative estimate of drug-likeness (QED) is 0.598. The first kappa shape index (κ1) is 20.9. The van der Waals surface area contributed by atoms with Gasteiger partial charge in [-0.1, -0.05) is 13.8 Å². The van der Waals surface area contributed by atoms with Crippen molar-refractivity contribution in [2.45, 2.75) is 32.4 Å². The van der Waals surface area contributed by atoms with Gasteiger partial charge in [-0.15, -0.1) is 0 Å². The second kappa shape index (κ2) is 9.09. The highest BCUT2D eigenvalue weighted by Crippen LogP contribution is 2.29. The Labute approximate surface area is 166 Å². The maximum absolute atomic E-state index is 13.1. The minimum Gasteiger partial charge on any atom is -0.383 e. The summed E-state index contributed by atoms with van der Waals surface area (Å²) in [4.78, 5) is 45.5. The number of methoxy groups -OCH3 is 1. The van der Waals surface area contributed by atoms with Crippen LogP contribution in [0.4, 0.5) is 4.79 Å². The first-order valence-electron chi connectivity index (χ1n) is 10.1. The molecule has 0 unspecified atom stereocenters. The molecule has 0 bridgehead atoms. The van der Waals surface area contributed by atoms with Gasteiger partial charge in [0.1, 0.15) is 12.6 Å². The summed E-state index contributed by atoms with van der Waals surface area (Å²) in [7, 11) is 1.62. The molecule has 28 heavy (non-hydrogen) atoms. The molecule has 3 heterocycles. The van der Waals surface area contributed by atoms with Crippen molar-refractivity contribution in [2.75, 3.05) is 66.2 Å². The van der Waals surface area contributed by atoms with E-state index >= 15 is 0 Å². The van der Waals surface area contributed by atoms with Crippen molar-refractivity contribution >= 4 is 17.8 Å². The van der Waals surface area contributed by atoms with Crippen molar-refractivity contribution in [3.63, 3.8) is 0 Å². The van der Waals surface area contributed by atoms with Crippen molar-refractivity contribution in [1.29, 1.82) is 0 Å². The lowest BCUT2D eigenvalue weighted by Gasteiger charge is -2.42. The van der Waals surface area contributed by atoms with Crippen LogP contribution in [-0.2, 0) is 19.1 Å². The van der Waals surface area contributed by atoms with Gasteiger partial charge in [0.25, 0.3) is 0 Å². The van der Waals surface area contributed by atoms with Gasteiger partial charge in [-0.25, -0.2) is 4.79 Å². The van der Waals surface area contributed by atoms with E-state index in [1.807, 2.05) is 0 Å². The fraction of sp³-hybridized carbons (Fsp3) is 0.842. The number of nitrogens with zero attached hydrogens (tertiary/aromatic N) is 4. The largest absolute Gasteiger partial charge is 0.383 e. The molecule has 3 aliphatic rings. The molecule has 2 atom stereocenters. The number of rotatable bonds is 7. The Bertz CT molecular complexity index is 593. The summed E-state index contributed by atoms with van der Waals surface area (Å²) in [6.45, 7) is 8.32. The lowest BCUT2D eigenvalue weighted by molar-refractivity contribution is -0.143. The van der Waals surface area contributed by atoms with Gasteiger partial charge in [-0.05, 0) is 12.3 Å². The second-order valence-corrected chi connectivity index (χ2v) is 8.14. The van der Waals surface area contributed by atoms with Crippen LogP contribution in [-0.4, -0.2) is 116 Å². The molecule has 0 aliphatic carbocycles. The molecule has 9 heteroatoms. The molecule has 158 valence electrons. The number of amides is 4. The highest BCUT2D eigenvalue weighted by Gasteiger charge is 2.49. The number of fused-ring (bicyclic) bond motifs is 1. The van der Waals surface area contributed by atoms with E-state index in [4.69, 9.17) is 9.47 Å². The van der Waals surface area contributed by atoms with Crippen molar-refractivity contribution in [2.24, 2.45) is 5.92 Å². The summed E-state index contributed by atoms with van der Waals surface area (Å²) in [5, 5.41) is 0. The fourth-order valence-corrected chi connectivity index (χ4v) is 4.22. The summed E-state index contributed by atoms with van der Waals surface area (Å²) in [6, 6.07) is -0.744. The number of carbonyl (C=O) groups excluding carboxylic acids is 3. The number of morpholine rings is 1. The summed E-state index contributed by atoms with van der Waals surface area (Å²) < 4.78 is 10.4. The van der Waals surface area contributed by atoms with Gasteiger partial charge in [0.2, 0.25) is 11.8 Å². The molecule has 3 aliphatic heterocycles. The Morgan fingerprint density at radius 2 is 1.86 bits per heavy atom. The fourth-order valence-electron chi connectivity index (χ4n) is 4.22. The van der Waals surface area contributed by atoms with Crippen LogP contribution in [0.1, 0.15) is 20.3 Å². The van der Waals surface area contributed by atoms with Crippen LogP contribution >= 0.6 is 0 Å². The minimum absolute atomic E-state index is 0.0169. The Balaban J connectivity index is 1.71. The zero-order valence-corrected chi connectivity index (χ0v) is 17.1. The van der Waals surface area contributed by atoms with E-state index in [1.165, 1.54) is 0 Å². The molecule has 9 nitrogen and oxygen atoms in total. The van der Waals surface area contributed by atoms with Crippen LogP contribution in [0.3, 0.4) is 0 Å². The molecule has 0 N–H and O–H groups in total. The van der Waals surface area contributed by atoms with Gasteiger partial charge in [0.05, 0.1) is 25.9 Å². The molecular formula is C19H32N4O5. The monoisotopic (exact) mass is 396 g/mol. The first-order chi connectivity index (χ1) is 13.4. The smallest absolute Gasteiger partial charge is 0.321 e. The van der Waals surface area contributed by atoms with E-state index in [0.717, 1.165) is 0 Å². The van der Waals surface area contributed by atoms with Gasteiger partial charge in [0.15, 0.2) is 0 Å². The maximum Gasteiger partial charge on any atom is 0.321 e. The number of piperazine rings is 1. The second-order valence-electron chi connectivity index (χ2n) is 8.14. The Kier molecular flexibility index (Phi) is 6.77. The molecule has 3 rings (SSSR count). The zero-order chi connectivity index (χ0) is 20.3. The van der Waals surface area contributed by atoms with Crippen molar-refractivity contribution in [3.8, 4) is 0 Å². The number of ether oxygens (including phenoxy) is 2. The van der Waals surface area contributed by atoms with Crippen LogP contribution in [0, 0.1) is 5.92 Å². The molecule has 0 aromatic rings. The van der Waals surface area contributed by atoms with Gasteiger partial charge < -0.3 is 29.1 Å². The molecular weight excluding hydrogens is 364 g/mol. The van der Waals surface area contributed by atoms with Gasteiger partial charge >= 0.3 is 6.03 Å². The zero-order valence-electron chi connectivity index (χ0n) is 17.1. The first-order valence-corrected chi connectivity index (χ1v) is 10.1. The number of urea groups is 1. The molecule has 0 spiro atoms. The summed E-state index contributed by atoms with van der Waals surface area (Å²) in [6.07, 6.45) is 0.621. The van der Waals surface area contributed by atoms with E-state index in [0.29, 0.717) is 59.0 Å². The third-order valence-corrected chi connectivity index (χ3v) is 5.63. The van der Waals surface area contributed by atoms with E-state index in [1.54, 1.807) is 26.7 Å². The van der Waals surface area contributed by atoms with E-state index in [2.05, 4.69) is 13.8 Å². The molecule has 4 amide bonds. The van der Waals surface area contributed by atoms with Gasteiger partial charge in [-0.2, -0.15) is 0 Å². The number of hydrogen-bond donors (Lipinski definition) is 0. The van der Waals surface area contributed by atoms with Gasteiger partial charge in [0, 0.05) is 39.8 Å². The summed E-state index contributed by atoms with van der Waals surface area (Å²) >= 11 is 0. The number of hydrogen-bond acceptors (Lipinski definition) is 5. The van der Waals surface area contributed by atoms with Crippen molar-refractivity contribution in [3.05, 3.63) is 0 Å². The van der Waals surface area contributed by atoms with E-state index < -0.39 is 6.04 Å². The molecule has 3 fully saturated rings. The maximum atomic E-state index is 13.1. The topological polar surface area (TPSA) is 82.6 Å². The van der Waals surface area contributed by atoms with Crippen LogP contribution < -0.4 is 0 Å². The summed E-state index contributed by atoms with van der Waals surface area (Å²) in [5.74, 6) is 0.213. The Morgan fingerprint density at radius 1 is 1.18 bits per heavy atom. The highest BCUT2D eigenvalue weighted by atomic mass is 16.5. The van der Waals surface area contributed by atoms with Gasteiger partial charge in [-0.3, -0.25) is 9.59 Å². The predicted octanol–water partition coefficient (Wildman–Crippen LogP) is -0.145. The van der Waals surface area contributed by atoms with Crippen molar-refractivity contribution < 1.29 is 23.9 Å². The SMILES string of the molecule is COCCN1C[C@@H]2CN(CC(=O)N3CCOCC3)C(=O)N2[C@@H](CC(C)C)C1=O. The number of carbonyl (C=O) groups is 3. The van der Waals surface area contributed by atoms with E-state index in [-0.39, 0.29) is 36.3 Å². The van der Waals surface area contributed by atoms with E-state index in [9.17, 15) is 14.4 Å². The average molecular weight is 396 g/mol. The minimum atomic E-state index is -0.466. The van der Waals surface area contributed by atoms with Crippen LogP contribution in [0.2, 0.25) is 0 Å². The van der Waals surface area contributed by atoms with Crippen LogP contribution in [0.15, 0.2) is 0 Å². The molecule has 0 aromatic heterocycles. The lowest BCUT2D eigenvalue weighted by atomic mass is 9.97. The third kappa shape index (κ3) is 4.41. The van der Waals surface area contributed by atoms with Crippen LogP contribution in [0.25, 0.3) is 0 Å². The Hall–Kier alpha value is -1.87. The standard InChI is InChI=1S/C19H32N4O5/c1-14(2)10-16-18(25)21(4-7-27-3)11-15-12-22(19(26)23(15)16)13-17(24)20-5-8-28-9-6-20/h14-16H,4-13H2,1-3H3/t15-,16+/m1/s1. The Morgan fingerprint density at radius 3 is 2.50 bits per heavy atom. The van der Waals surface area contributed by atoms with Crippen molar-refractivity contribution in [1.82, 2.24) is 19.6 Å². The molecule has 0 radical (unpaired) electrons. The molecule has 0 saturated carbocycles. The molecule has 3 saturated heterocycles. The van der Waals surface area contributed by atoms with Crippen LogP contribution in [0.5, 0.6) is 0 Å². The molecule has 0 aromatic carbocycles.